The van der Waals surface area contributed by atoms with Crippen LogP contribution in [0.3, 0.4) is 0 Å². The van der Waals surface area contributed by atoms with Crippen LogP contribution in [0.25, 0.3) is 0 Å². The highest BCUT2D eigenvalue weighted by Crippen LogP contribution is 1.38. The van der Waals surface area contributed by atoms with Crippen molar-refractivity contribution in [1.29, 1.82) is 0 Å². The van der Waals surface area contributed by atoms with Crippen molar-refractivity contribution in [2.24, 2.45) is 11.5 Å². The van der Waals surface area contributed by atoms with E-state index in [1.807, 2.05) is 6.79 Å². The van der Waals surface area contributed by atoms with Crippen LogP contribution in [-0.2, 0) is 4.79 Å². The van der Waals surface area contributed by atoms with Crippen LogP contribution in [0.2, 0.25) is 0 Å². The van der Waals surface area contributed by atoms with Gasteiger partial charge in [0.2, 0.25) is 0 Å². The van der Waals surface area contributed by atoms with Crippen LogP contribution >= 0.6 is 0 Å². The second-order valence-corrected chi connectivity index (χ2v) is 0.640. The molecular formula is C2H10N4O5. The van der Waals surface area contributed by atoms with Crippen molar-refractivity contribution in [2.45, 2.75) is 0 Å². The van der Waals surface area contributed by atoms with E-state index in [1.165, 1.54) is 0 Å². The Morgan fingerprint density at radius 1 is 1.45 bits per heavy atom. The normalized spacial score (nSPS) is 4.73. The number of rotatable bonds is 0. The van der Waals surface area contributed by atoms with Crippen LogP contribution in [0.15, 0.2) is 0 Å². The quantitative estimate of drug-likeness (QED) is 0.257. The molecule has 8 N–H and O–H groups in total. The summed E-state index contributed by atoms with van der Waals surface area (Å²) in [5, 5.41) is 13.6. The Bertz CT molecular complexity index is 84.7. The van der Waals surface area contributed by atoms with E-state index in [4.69, 9.17) is 24.9 Å². The highest BCUT2D eigenvalue weighted by atomic mass is 16.9. The Hall–Kier alpha value is -1.90. The van der Waals surface area contributed by atoms with Gasteiger partial charge in [0.15, 0.2) is 0 Å². The lowest BCUT2D eigenvalue weighted by molar-refractivity contribution is -0.742. The Kier molecular flexibility index (Phi) is 50.7. The molecule has 0 saturated carbocycles. The van der Waals surface area contributed by atoms with Crippen molar-refractivity contribution in [3.05, 3.63) is 10.1 Å². The number of carbonyl (C=O) groups excluding carboxylic acids is 2. The van der Waals surface area contributed by atoms with Gasteiger partial charge in [-0.1, -0.05) is 0 Å². The first-order valence-corrected chi connectivity index (χ1v) is 1.64. The van der Waals surface area contributed by atoms with E-state index in [1.54, 1.807) is 0 Å². The van der Waals surface area contributed by atoms with E-state index in [9.17, 15) is 0 Å². The molecule has 9 heteroatoms. The minimum Gasteiger partial charge on any atom is -0.352 e. The molecule has 0 aliphatic rings. The molecule has 0 unspecified atom stereocenters. The second kappa shape index (κ2) is 24.3. The first kappa shape index (κ1) is 23.0. The molecule has 0 fully saturated rings. The summed E-state index contributed by atoms with van der Waals surface area (Å²) in [4.78, 5) is 25.4. The van der Waals surface area contributed by atoms with Gasteiger partial charge in [-0.15, -0.1) is 10.1 Å². The van der Waals surface area contributed by atoms with Crippen LogP contribution in [-0.4, -0.2) is 23.1 Å². The maximum absolute atomic E-state index is 9.00. The third-order valence-electron chi connectivity index (χ3n) is 0. The van der Waals surface area contributed by atoms with Crippen LogP contribution < -0.4 is 17.6 Å². The van der Waals surface area contributed by atoms with Crippen molar-refractivity contribution in [1.82, 2.24) is 6.15 Å². The van der Waals surface area contributed by atoms with E-state index in [0.29, 0.717) is 0 Å². The Morgan fingerprint density at radius 2 is 1.45 bits per heavy atom. The average Bonchev–Trinajstić information content (AvgIpc) is 1.66. The fourth-order valence-corrected chi connectivity index (χ4v) is 0. The van der Waals surface area contributed by atoms with Gasteiger partial charge in [0.05, 0.1) is 0 Å². The van der Waals surface area contributed by atoms with Crippen LogP contribution in [0, 0.1) is 10.1 Å². The maximum Gasteiger partial charge on any atom is 0.309 e. The largest absolute Gasteiger partial charge is 0.352 e. The van der Waals surface area contributed by atoms with E-state index in [-0.39, 0.29) is 6.15 Å². The molecule has 0 heterocycles. The highest BCUT2D eigenvalue weighted by molar-refractivity contribution is 5.69. The molecule has 0 aromatic heterocycles. The zero-order chi connectivity index (χ0) is 9.15. The number of primary amides is 2. The van der Waals surface area contributed by atoms with Gasteiger partial charge >= 0.3 is 6.03 Å². The lowest BCUT2D eigenvalue weighted by Crippen LogP contribution is -2.18. The summed E-state index contributed by atoms with van der Waals surface area (Å²) in [7, 11) is 0. The topological polar surface area (TPSA) is 185 Å². The number of hydrogen-bond acceptors (Lipinski definition) is 5. The summed E-state index contributed by atoms with van der Waals surface area (Å²) in [5.74, 6) is 0. The van der Waals surface area contributed by atoms with E-state index >= 15 is 0 Å². The first-order valence-electron chi connectivity index (χ1n) is 1.64. The number of amides is 2. The van der Waals surface area contributed by atoms with E-state index in [0.717, 1.165) is 0 Å². The molecule has 11 heavy (non-hydrogen) atoms. The van der Waals surface area contributed by atoms with Gasteiger partial charge in [-0.25, -0.2) is 4.79 Å². The molecule has 0 spiro atoms. The summed E-state index contributed by atoms with van der Waals surface area (Å²) in [6.07, 6.45) is 0. The predicted molar refractivity (Wildman–Crippen MR) is 34.7 cm³/mol. The number of nitrogens with two attached hydrogens (primary N) is 2. The van der Waals surface area contributed by atoms with Gasteiger partial charge in [-0.05, 0) is 0 Å². The first-order chi connectivity index (χ1) is 4.46. The number of carbonyl (C=O) groups is 2. The van der Waals surface area contributed by atoms with Gasteiger partial charge in [0.25, 0.3) is 5.09 Å². The SMILES string of the molecule is C=O.N.NC(N)=O.O=[N+]([O-])O. The van der Waals surface area contributed by atoms with Crippen LogP contribution in [0.4, 0.5) is 4.79 Å². The molecule has 9 nitrogen and oxygen atoms in total. The van der Waals surface area contributed by atoms with Crippen molar-refractivity contribution < 1.29 is 19.9 Å². The molecule has 0 bridgehead atoms. The Labute approximate surface area is 61.7 Å². The minimum absolute atomic E-state index is 0. The third-order valence-corrected chi connectivity index (χ3v) is 0. The summed E-state index contributed by atoms with van der Waals surface area (Å²) in [5.41, 5.74) is 8.50. The summed E-state index contributed by atoms with van der Waals surface area (Å²) >= 11 is 0. The molecule has 0 radical (unpaired) electrons. The number of nitrogens with zero attached hydrogens (tertiary/aromatic N) is 1. The van der Waals surface area contributed by atoms with Gasteiger partial charge in [-0.3, -0.25) is 0 Å². The van der Waals surface area contributed by atoms with E-state index < -0.39 is 11.1 Å². The van der Waals surface area contributed by atoms with Crippen molar-refractivity contribution in [2.75, 3.05) is 0 Å². The minimum atomic E-state index is -1.50. The van der Waals surface area contributed by atoms with Crippen molar-refractivity contribution in [3.8, 4) is 0 Å². The van der Waals surface area contributed by atoms with Crippen molar-refractivity contribution in [3.63, 3.8) is 0 Å². The molecule has 68 valence electrons. The highest BCUT2D eigenvalue weighted by Gasteiger charge is 1.65. The summed E-state index contributed by atoms with van der Waals surface area (Å²) in [6.45, 7) is 2.00. The summed E-state index contributed by atoms with van der Waals surface area (Å²) in [6, 6.07) is -0.833. The molecule has 0 aromatic carbocycles. The molecular weight excluding hydrogens is 160 g/mol. The lowest BCUT2D eigenvalue weighted by Gasteiger charge is -1.62. The fraction of sp³-hybridized carbons (Fsp3) is 0. The van der Waals surface area contributed by atoms with Gasteiger partial charge < -0.3 is 27.6 Å². The average molecular weight is 170 g/mol. The number of hydrogen-bond donors (Lipinski definition) is 4. The molecule has 0 aromatic rings. The van der Waals surface area contributed by atoms with E-state index in [2.05, 4.69) is 11.5 Å². The van der Waals surface area contributed by atoms with Crippen molar-refractivity contribution >= 4 is 12.8 Å². The standard InChI is InChI=1S/CH4N2O.CH2O.HNO3.H3N/c2-1(3)4;1-2;2-1(3)4;/h(H4,2,3,4);1H2;(H,2,3,4);1H3. The Balaban J connectivity index is -0.0000000339. The smallest absolute Gasteiger partial charge is 0.309 e. The third kappa shape index (κ3) is 83.5. The molecule has 0 saturated heterocycles. The maximum atomic E-state index is 9.00. The van der Waals surface area contributed by atoms with Crippen LogP contribution in [0.5, 0.6) is 0 Å². The molecule has 0 rings (SSSR count). The van der Waals surface area contributed by atoms with Gasteiger partial charge in [0, 0.05) is 0 Å². The molecule has 0 atom stereocenters. The molecule has 0 aliphatic heterocycles. The van der Waals surface area contributed by atoms with Crippen LogP contribution in [0.1, 0.15) is 0 Å². The van der Waals surface area contributed by atoms with Gasteiger partial charge in [-0.2, -0.15) is 0 Å². The molecule has 2 amide bonds. The Morgan fingerprint density at radius 3 is 1.45 bits per heavy atom. The summed E-state index contributed by atoms with van der Waals surface area (Å²) < 4.78 is 0. The zero-order valence-electron chi connectivity index (χ0n) is 5.60. The monoisotopic (exact) mass is 170 g/mol. The number of urea groups is 1. The zero-order valence-corrected chi connectivity index (χ0v) is 5.60. The lowest BCUT2D eigenvalue weighted by atomic mass is 11.2. The predicted octanol–water partition coefficient (Wildman–Crippen LogP) is -1.35. The molecule has 0 aliphatic carbocycles. The van der Waals surface area contributed by atoms with Gasteiger partial charge in [0.1, 0.15) is 6.79 Å². The fourth-order valence-electron chi connectivity index (χ4n) is 0. The second-order valence-electron chi connectivity index (χ2n) is 0.640.